The van der Waals surface area contributed by atoms with E-state index in [4.69, 9.17) is 5.84 Å². The molecule has 2 aromatic rings. The smallest absolute Gasteiger partial charge is 0.0624 e. The van der Waals surface area contributed by atoms with Crippen LogP contribution >= 0.6 is 0 Å². The molecule has 2 aromatic heterocycles. The van der Waals surface area contributed by atoms with Crippen LogP contribution in [-0.4, -0.2) is 14.8 Å². The van der Waals surface area contributed by atoms with Gasteiger partial charge in [-0.05, 0) is 36.6 Å². The van der Waals surface area contributed by atoms with Gasteiger partial charge in [-0.25, -0.2) is 0 Å². The van der Waals surface area contributed by atoms with Gasteiger partial charge in [-0.3, -0.25) is 20.9 Å². The van der Waals surface area contributed by atoms with Crippen molar-refractivity contribution >= 4 is 0 Å². The van der Waals surface area contributed by atoms with E-state index in [1.54, 1.807) is 6.20 Å². The summed E-state index contributed by atoms with van der Waals surface area (Å²) in [6, 6.07) is 4.19. The molecule has 2 rings (SSSR count). The topological polar surface area (TPSA) is 68.8 Å². The summed E-state index contributed by atoms with van der Waals surface area (Å²) in [6.07, 6.45) is 5.41. The van der Waals surface area contributed by atoms with Crippen LogP contribution < -0.4 is 11.3 Å². The Kier molecular flexibility index (Phi) is 4.29. The Morgan fingerprint density at radius 3 is 2.84 bits per heavy atom. The van der Waals surface area contributed by atoms with E-state index < -0.39 is 0 Å². The maximum atomic E-state index is 5.70. The Morgan fingerprint density at radius 2 is 2.26 bits per heavy atom. The van der Waals surface area contributed by atoms with E-state index in [-0.39, 0.29) is 6.04 Å². The fraction of sp³-hybridized carbons (Fsp3) is 0.429. The Balaban J connectivity index is 2.24. The van der Waals surface area contributed by atoms with Crippen LogP contribution in [0.4, 0.5) is 0 Å². The van der Waals surface area contributed by atoms with Crippen LogP contribution in [0.3, 0.4) is 0 Å². The molecule has 0 aromatic carbocycles. The minimum absolute atomic E-state index is 0.0498. The van der Waals surface area contributed by atoms with Gasteiger partial charge >= 0.3 is 0 Å². The van der Waals surface area contributed by atoms with E-state index in [9.17, 15) is 0 Å². The third-order valence-electron chi connectivity index (χ3n) is 3.46. The molecule has 1 unspecified atom stereocenters. The van der Waals surface area contributed by atoms with Gasteiger partial charge in [0.15, 0.2) is 0 Å². The van der Waals surface area contributed by atoms with Crippen molar-refractivity contribution in [2.24, 2.45) is 12.9 Å². The Morgan fingerprint density at radius 1 is 1.47 bits per heavy atom. The highest BCUT2D eigenvalue weighted by Crippen LogP contribution is 2.20. The highest BCUT2D eigenvalue weighted by Gasteiger charge is 2.15. The first-order valence-electron chi connectivity index (χ1n) is 6.54. The van der Waals surface area contributed by atoms with Crippen LogP contribution in [0, 0.1) is 6.92 Å². The highest BCUT2D eigenvalue weighted by molar-refractivity contribution is 5.26. The van der Waals surface area contributed by atoms with Crippen LogP contribution in [0.15, 0.2) is 24.5 Å². The van der Waals surface area contributed by atoms with E-state index in [0.717, 1.165) is 24.1 Å². The molecule has 0 saturated carbocycles. The lowest BCUT2D eigenvalue weighted by Crippen LogP contribution is -2.30. The van der Waals surface area contributed by atoms with Gasteiger partial charge in [0, 0.05) is 31.6 Å². The monoisotopic (exact) mass is 259 g/mol. The standard InChI is InChI=1S/C14H21N5/c1-4-11-7-12(19(3)18-11)8-14(17-15)13-9-16-6-5-10(13)2/h5-7,9,14,17H,4,8,15H2,1-3H3. The molecule has 0 spiro atoms. The number of nitrogens with two attached hydrogens (primary N) is 1. The zero-order valence-electron chi connectivity index (χ0n) is 11.7. The molecule has 0 aliphatic rings. The second-order valence-electron chi connectivity index (χ2n) is 4.76. The predicted octanol–water partition coefficient (Wildman–Crippen LogP) is 1.43. The Labute approximate surface area is 113 Å². The van der Waals surface area contributed by atoms with Crippen molar-refractivity contribution in [3.8, 4) is 0 Å². The summed E-state index contributed by atoms with van der Waals surface area (Å²) in [5.74, 6) is 5.70. The van der Waals surface area contributed by atoms with Gasteiger partial charge < -0.3 is 0 Å². The zero-order valence-corrected chi connectivity index (χ0v) is 11.7. The number of aryl methyl sites for hydroxylation is 3. The molecule has 0 saturated heterocycles. The molecule has 5 nitrogen and oxygen atoms in total. The van der Waals surface area contributed by atoms with Crippen LogP contribution in [0.25, 0.3) is 0 Å². The van der Waals surface area contributed by atoms with Crippen molar-refractivity contribution in [1.29, 1.82) is 0 Å². The SMILES string of the molecule is CCc1cc(CC(NN)c2cnccc2C)n(C)n1. The number of aromatic nitrogens is 3. The minimum atomic E-state index is 0.0498. The molecule has 0 aliphatic heterocycles. The predicted molar refractivity (Wildman–Crippen MR) is 75.3 cm³/mol. The fourth-order valence-corrected chi connectivity index (χ4v) is 2.24. The summed E-state index contributed by atoms with van der Waals surface area (Å²) in [4.78, 5) is 4.18. The van der Waals surface area contributed by atoms with Crippen molar-refractivity contribution in [2.75, 3.05) is 0 Å². The summed E-state index contributed by atoms with van der Waals surface area (Å²) in [5.41, 5.74) is 7.48. The summed E-state index contributed by atoms with van der Waals surface area (Å²) >= 11 is 0. The second kappa shape index (κ2) is 5.95. The first-order chi connectivity index (χ1) is 9.15. The third kappa shape index (κ3) is 3.00. The van der Waals surface area contributed by atoms with Crippen molar-refractivity contribution in [3.63, 3.8) is 0 Å². The van der Waals surface area contributed by atoms with Crippen LogP contribution in [0.1, 0.15) is 35.5 Å². The number of hydrogen-bond donors (Lipinski definition) is 2. The van der Waals surface area contributed by atoms with E-state index >= 15 is 0 Å². The third-order valence-corrected chi connectivity index (χ3v) is 3.46. The van der Waals surface area contributed by atoms with E-state index in [2.05, 4.69) is 35.4 Å². The van der Waals surface area contributed by atoms with Crippen molar-refractivity contribution in [2.45, 2.75) is 32.7 Å². The quantitative estimate of drug-likeness (QED) is 0.629. The van der Waals surface area contributed by atoms with Gasteiger partial charge in [0.1, 0.15) is 0 Å². The molecule has 2 heterocycles. The highest BCUT2D eigenvalue weighted by atomic mass is 15.3. The van der Waals surface area contributed by atoms with E-state index in [1.807, 2.05) is 24.0 Å². The van der Waals surface area contributed by atoms with Crippen LogP contribution in [0.5, 0.6) is 0 Å². The average molecular weight is 259 g/mol. The van der Waals surface area contributed by atoms with Gasteiger partial charge in [-0.1, -0.05) is 6.92 Å². The molecule has 0 bridgehead atoms. The lowest BCUT2D eigenvalue weighted by atomic mass is 10.00. The molecule has 0 radical (unpaired) electrons. The lowest BCUT2D eigenvalue weighted by Gasteiger charge is -2.17. The molecule has 3 N–H and O–H groups in total. The second-order valence-corrected chi connectivity index (χ2v) is 4.76. The zero-order chi connectivity index (χ0) is 13.8. The van der Waals surface area contributed by atoms with Crippen LogP contribution in [0.2, 0.25) is 0 Å². The fourth-order valence-electron chi connectivity index (χ4n) is 2.24. The normalized spacial score (nSPS) is 12.6. The molecular formula is C14H21N5. The van der Waals surface area contributed by atoms with Crippen LogP contribution in [-0.2, 0) is 19.9 Å². The van der Waals surface area contributed by atoms with E-state index in [0.29, 0.717) is 0 Å². The molecule has 0 amide bonds. The summed E-state index contributed by atoms with van der Waals surface area (Å²) in [6.45, 7) is 4.18. The van der Waals surface area contributed by atoms with Gasteiger partial charge in [0.2, 0.25) is 0 Å². The lowest BCUT2D eigenvalue weighted by molar-refractivity contribution is 0.526. The summed E-state index contributed by atoms with van der Waals surface area (Å²) < 4.78 is 1.93. The van der Waals surface area contributed by atoms with E-state index in [1.165, 1.54) is 11.3 Å². The van der Waals surface area contributed by atoms with Crippen molar-refractivity contribution in [1.82, 2.24) is 20.2 Å². The minimum Gasteiger partial charge on any atom is -0.272 e. The number of rotatable bonds is 5. The summed E-state index contributed by atoms with van der Waals surface area (Å²) in [5, 5.41) is 4.47. The van der Waals surface area contributed by atoms with Crippen molar-refractivity contribution < 1.29 is 0 Å². The first kappa shape index (κ1) is 13.7. The molecule has 19 heavy (non-hydrogen) atoms. The number of hydrazine groups is 1. The molecule has 5 heteroatoms. The van der Waals surface area contributed by atoms with Gasteiger partial charge in [-0.2, -0.15) is 5.10 Å². The molecular weight excluding hydrogens is 238 g/mol. The van der Waals surface area contributed by atoms with Gasteiger partial charge in [-0.15, -0.1) is 0 Å². The number of pyridine rings is 1. The number of hydrogen-bond acceptors (Lipinski definition) is 4. The first-order valence-corrected chi connectivity index (χ1v) is 6.54. The maximum absolute atomic E-state index is 5.70. The molecule has 102 valence electrons. The number of nitrogens with zero attached hydrogens (tertiary/aromatic N) is 3. The Hall–Kier alpha value is -1.72. The molecule has 0 aliphatic carbocycles. The number of nitrogens with one attached hydrogen (secondary N) is 1. The average Bonchev–Trinajstić information content (AvgIpc) is 2.77. The largest absolute Gasteiger partial charge is 0.272 e. The van der Waals surface area contributed by atoms with Gasteiger partial charge in [0.05, 0.1) is 11.7 Å². The maximum Gasteiger partial charge on any atom is 0.0624 e. The Bertz CT molecular complexity index is 547. The van der Waals surface area contributed by atoms with Crippen molar-refractivity contribution in [3.05, 3.63) is 47.0 Å². The van der Waals surface area contributed by atoms with Gasteiger partial charge in [0.25, 0.3) is 0 Å². The molecule has 1 atom stereocenters. The summed E-state index contributed by atoms with van der Waals surface area (Å²) in [7, 11) is 1.97. The molecule has 0 fully saturated rings.